The van der Waals surface area contributed by atoms with E-state index in [1.54, 1.807) is 25.1 Å². The number of nitrogens with one attached hydrogen (secondary N) is 2. The number of hydrogen-bond acceptors (Lipinski definition) is 9. The van der Waals surface area contributed by atoms with Gasteiger partial charge in [-0.15, -0.1) is 0 Å². The summed E-state index contributed by atoms with van der Waals surface area (Å²) in [4.78, 5) is 21.5. The first-order valence-corrected chi connectivity index (χ1v) is 13.7. The molecule has 1 saturated carbocycles. The number of anilines is 3. The molecule has 2 heterocycles. The molecule has 11 nitrogen and oxygen atoms in total. The maximum absolute atomic E-state index is 13.1. The number of aryl methyl sites for hydroxylation is 2. The van der Waals surface area contributed by atoms with Crippen LogP contribution in [-0.4, -0.2) is 72.2 Å². The molecule has 2 fully saturated rings. The van der Waals surface area contributed by atoms with Crippen LogP contribution in [0, 0.1) is 6.92 Å². The number of aliphatic hydroxyl groups is 1. The zero-order valence-corrected chi connectivity index (χ0v) is 21.5. The van der Waals surface area contributed by atoms with Crippen LogP contribution in [0.2, 0.25) is 0 Å². The molecular formula is C24H34N6O5S. The molecule has 1 amide bonds. The van der Waals surface area contributed by atoms with E-state index in [1.165, 1.54) is 4.31 Å². The fourth-order valence-electron chi connectivity index (χ4n) is 4.58. The number of primary amides is 1. The lowest BCUT2D eigenvalue weighted by atomic mass is 9.93. The van der Waals surface area contributed by atoms with Crippen molar-refractivity contribution in [3.05, 3.63) is 35.2 Å². The number of carbonyl (C=O) groups excluding carboxylic acids is 1. The maximum atomic E-state index is 13.1. The summed E-state index contributed by atoms with van der Waals surface area (Å²) >= 11 is 0. The maximum Gasteiger partial charge on any atom is 0.271 e. The SMILES string of the molecule is CCc1nc(C(N)=O)c(Nc2ccc(S(=O)(=O)N3CCOCC3)c(C)c2)nc1N[C@H]1CC[C@H](O)CC1. The highest BCUT2D eigenvalue weighted by Gasteiger charge is 2.28. The molecule has 1 aromatic carbocycles. The van der Waals surface area contributed by atoms with Crippen molar-refractivity contribution in [2.24, 2.45) is 5.73 Å². The third-order valence-corrected chi connectivity index (χ3v) is 8.66. The normalized spacial score (nSPS) is 21.2. The Balaban J connectivity index is 1.61. The first kappa shape index (κ1) is 26.3. The molecule has 0 unspecified atom stereocenters. The summed E-state index contributed by atoms with van der Waals surface area (Å²) < 4.78 is 32.9. The first-order valence-electron chi connectivity index (χ1n) is 12.3. The van der Waals surface area contributed by atoms with E-state index in [-0.39, 0.29) is 28.6 Å². The number of carbonyl (C=O) groups is 1. The van der Waals surface area contributed by atoms with Crippen LogP contribution < -0.4 is 16.4 Å². The van der Waals surface area contributed by atoms with Gasteiger partial charge in [0.25, 0.3) is 5.91 Å². The molecule has 196 valence electrons. The molecule has 0 atom stereocenters. The average Bonchev–Trinajstić information content (AvgIpc) is 2.86. The molecule has 0 radical (unpaired) electrons. The molecule has 36 heavy (non-hydrogen) atoms. The number of nitrogens with two attached hydrogens (primary N) is 1. The molecule has 1 saturated heterocycles. The van der Waals surface area contributed by atoms with E-state index in [0.29, 0.717) is 55.5 Å². The van der Waals surface area contributed by atoms with Crippen LogP contribution in [0.5, 0.6) is 0 Å². The Morgan fingerprint density at radius 2 is 1.86 bits per heavy atom. The molecule has 2 aliphatic rings. The predicted molar refractivity (Wildman–Crippen MR) is 136 cm³/mol. The Kier molecular flexibility index (Phi) is 8.08. The Morgan fingerprint density at radius 1 is 1.17 bits per heavy atom. The standard InChI is InChI=1S/C24H34N6O5S/c1-3-19-23(26-16-4-7-18(31)8-5-16)29-24(21(28-19)22(25)32)27-17-6-9-20(15(2)14-17)36(33,34)30-10-12-35-13-11-30/h6,9,14,16,18,31H,3-5,7-8,10-13H2,1-2H3,(H2,25,32)(H2,26,27,29)/t16-,18-. The van der Waals surface area contributed by atoms with Gasteiger partial charge in [0.1, 0.15) is 5.82 Å². The Bertz CT molecular complexity index is 1210. The monoisotopic (exact) mass is 518 g/mol. The second kappa shape index (κ2) is 11.1. The van der Waals surface area contributed by atoms with E-state index in [1.807, 2.05) is 6.92 Å². The van der Waals surface area contributed by atoms with Crippen molar-refractivity contribution in [1.29, 1.82) is 0 Å². The van der Waals surface area contributed by atoms with Crippen molar-refractivity contribution in [3.8, 4) is 0 Å². The summed E-state index contributed by atoms with van der Waals surface area (Å²) in [5.41, 5.74) is 7.37. The molecule has 1 aliphatic carbocycles. The number of amides is 1. The highest BCUT2D eigenvalue weighted by molar-refractivity contribution is 7.89. The number of hydrogen-bond donors (Lipinski definition) is 4. The minimum Gasteiger partial charge on any atom is -0.393 e. The van der Waals surface area contributed by atoms with E-state index in [9.17, 15) is 18.3 Å². The molecule has 12 heteroatoms. The number of aliphatic hydroxyl groups excluding tert-OH is 1. The van der Waals surface area contributed by atoms with Gasteiger partial charge in [-0.2, -0.15) is 4.31 Å². The van der Waals surface area contributed by atoms with Gasteiger partial charge in [-0.05, 0) is 62.8 Å². The van der Waals surface area contributed by atoms with Crippen molar-refractivity contribution in [2.45, 2.75) is 63.0 Å². The summed E-state index contributed by atoms with van der Waals surface area (Å²) in [5.74, 6) is 0.0473. The van der Waals surface area contributed by atoms with Crippen molar-refractivity contribution in [3.63, 3.8) is 0 Å². The number of morpholine rings is 1. The molecule has 1 aliphatic heterocycles. The minimum absolute atomic E-state index is 0.0131. The van der Waals surface area contributed by atoms with E-state index < -0.39 is 15.9 Å². The Labute approximate surface area is 211 Å². The second-order valence-electron chi connectivity index (χ2n) is 9.21. The van der Waals surface area contributed by atoms with Crippen LogP contribution in [0.1, 0.15) is 54.4 Å². The average molecular weight is 519 g/mol. The molecule has 4 rings (SSSR count). The smallest absolute Gasteiger partial charge is 0.271 e. The van der Waals surface area contributed by atoms with Gasteiger partial charge in [0.2, 0.25) is 10.0 Å². The third-order valence-electron chi connectivity index (χ3n) is 6.60. The van der Waals surface area contributed by atoms with Gasteiger partial charge in [-0.1, -0.05) is 6.92 Å². The predicted octanol–water partition coefficient (Wildman–Crippen LogP) is 1.93. The lowest BCUT2D eigenvalue weighted by molar-refractivity contribution is 0.0730. The van der Waals surface area contributed by atoms with Gasteiger partial charge >= 0.3 is 0 Å². The lowest BCUT2D eigenvalue weighted by Gasteiger charge is -2.27. The number of ether oxygens (including phenoxy) is 1. The van der Waals surface area contributed by atoms with Crippen LogP contribution >= 0.6 is 0 Å². The molecule has 2 aromatic rings. The van der Waals surface area contributed by atoms with E-state index in [4.69, 9.17) is 10.5 Å². The zero-order chi connectivity index (χ0) is 25.9. The van der Waals surface area contributed by atoms with Gasteiger partial charge in [-0.25, -0.2) is 18.4 Å². The van der Waals surface area contributed by atoms with Crippen molar-refractivity contribution < 1.29 is 23.1 Å². The van der Waals surface area contributed by atoms with E-state index >= 15 is 0 Å². The molecule has 0 bridgehead atoms. The highest BCUT2D eigenvalue weighted by Crippen LogP contribution is 2.28. The molecule has 1 aromatic heterocycles. The Morgan fingerprint density at radius 3 is 2.47 bits per heavy atom. The summed E-state index contributed by atoms with van der Waals surface area (Å²) in [5, 5.41) is 16.3. The van der Waals surface area contributed by atoms with Crippen molar-refractivity contribution in [1.82, 2.24) is 14.3 Å². The highest BCUT2D eigenvalue weighted by atomic mass is 32.2. The summed E-state index contributed by atoms with van der Waals surface area (Å²) in [7, 11) is -3.64. The second-order valence-corrected chi connectivity index (χ2v) is 11.1. The van der Waals surface area contributed by atoms with Crippen LogP contribution in [0.25, 0.3) is 0 Å². The zero-order valence-electron chi connectivity index (χ0n) is 20.7. The van der Waals surface area contributed by atoms with Crippen LogP contribution in [0.15, 0.2) is 23.1 Å². The van der Waals surface area contributed by atoms with Crippen LogP contribution in [-0.2, 0) is 21.2 Å². The summed E-state index contributed by atoms with van der Waals surface area (Å²) in [6, 6.07) is 5.03. The van der Waals surface area contributed by atoms with Crippen LogP contribution in [0.4, 0.5) is 17.3 Å². The van der Waals surface area contributed by atoms with Crippen LogP contribution in [0.3, 0.4) is 0 Å². The number of nitrogens with zero attached hydrogens (tertiary/aromatic N) is 3. The fourth-order valence-corrected chi connectivity index (χ4v) is 6.20. The topological polar surface area (TPSA) is 160 Å². The number of rotatable bonds is 8. The lowest BCUT2D eigenvalue weighted by Crippen LogP contribution is -2.40. The van der Waals surface area contributed by atoms with Gasteiger partial charge < -0.3 is 26.2 Å². The summed E-state index contributed by atoms with van der Waals surface area (Å²) in [6.45, 7) is 5.03. The molecule has 0 spiro atoms. The number of sulfonamides is 1. The quantitative estimate of drug-likeness (QED) is 0.409. The number of aromatic nitrogens is 2. The molecule has 5 N–H and O–H groups in total. The minimum atomic E-state index is -3.64. The van der Waals surface area contributed by atoms with E-state index in [0.717, 1.165) is 25.7 Å². The van der Waals surface area contributed by atoms with Crippen molar-refractivity contribution in [2.75, 3.05) is 36.9 Å². The Hall–Kier alpha value is -2.80. The molecular weight excluding hydrogens is 484 g/mol. The van der Waals surface area contributed by atoms with E-state index in [2.05, 4.69) is 20.6 Å². The van der Waals surface area contributed by atoms with Gasteiger partial charge in [0, 0.05) is 24.8 Å². The largest absolute Gasteiger partial charge is 0.393 e. The summed E-state index contributed by atoms with van der Waals surface area (Å²) in [6.07, 6.45) is 3.34. The third kappa shape index (κ3) is 5.77. The first-order chi connectivity index (χ1) is 17.2. The van der Waals surface area contributed by atoms with Gasteiger partial charge in [0.15, 0.2) is 11.5 Å². The number of benzene rings is 1. The fraction of sp³-hybridized carbons (Fsp3) is 0.542. The van der Waals surface area contributed by atoms with Gasteiger partial charge in [0.05, 0.1) is 29.9 Å². The van der Waals surface area contributed by atoms with Crippen molar-refractivity contribution >= 4 is 33.3 Å². The van der Waals surface area contributed by atoms with Gasteiger partial charge in [-0.3, -0.25) is 4.79 Å².